The highest BCUT2D eigenvalue weighted by Gasteiger charge is 2.45. The number of aromatic nitrogens is 4. The van der Waals surface area contributed by atoms with Crippen molar-refractivity contribution in [2.45, 2.75) is 58.0 Å². The molecule has 0 saturated carbocycles. The Morgan fingerprint density at radius 3 is 2.63 bits per heavy atom. The molecule has 7 nitrogen and oxygen atoms in total. The number of hydrogen-bond donors (Lipinski definition) is 0. The van der Waals surface area contributed by atoms with Crippen LogP contribution in [0.1, 0.15) is 58.9 Å². The molecule has 2 aromatic heterocycles. The molecule has 0 unspecified atom stereocenters. The summed E-state index contributed by atoms with van der Waals surface area (Å²) in [5, 5.41) is 8.50. The van der Waals surface area contributed by atoms with Gasteiger partial charge in [-0.1, -0.05) is 4.49 Å². The molecule has 2 aromatic rings. The quantitative estimate of drug-likeness (QED) is 0.808. The number of hydrogen-bond acceptors (Lipinski definition) is 6. The molecule has 146 valence electrons. The summed E-state index contributed by atoms with van der Waals surface area (Å²) in [5.41, 5.74) is 3.09. The summed E-state index contributed by atoms with van der Waals surface area (Å²) < 4.78 is 5.95. The van der Waals surface area contributed by atoms with Crippen molar-refractivity contribution in [1.29, 1.82) is 0 Å². The van der Waals surface area contributed by atoms with Crippen LogP contribution in [-0.4, -0.2) is 60.2 Å². The second-order valence-corrected chi connectivity index (χ2v) is 8.76. The van der Waals surface area contributed by atoms with Gasteiger partial charge in [0.25, 0.3) is 5.91 Å². The van der Waals surface area contributed by atoms with Gasteiger partial charge in [-0.3, -0.25) is 14.4 Å². The van der Waals surface area contributed by atoms with Crippen molar-refractivity contribution in [2.24, 2.45) is 7.05 Å². The minimum Gasteiger partial charge on any atom is -0.332 e. The van der Waals surface area contributed by atoms with Gasteiger partial charge in [0, 0.05) is 32.2 Å². The first-order valence-corrected chi connectivity index (χ1v) is 10.6. The molecule has 1 amide bonds. The first-order chi connectivity index (χ1) is 13.0. The number of nitrogens with zero attached hydrogens (tertiary/aromatic N) is 6. The molecule has 0 aromatic carbocycles. The fourth-order valence-corrected chi connectivity index (χ4v) is 5.37. The number of rotatable bonds is 3. The Morgan fingerprint density at radius 1 is 1.19 bits per heavy atom. The van der Waals surface area contributed by atoms with Crippen LogP contribution in [0.5, 0.6) is 0 Å². The van der Waals surface area contributed by atoms with Crippen molar-refractivity contribution >= 4 is 17.4 Å². The van der Waals surface area contributed by atoms with Crippen LogP contribution >= 0.6 is 11.5 Å². The molecule has 2 saturated heterocycles. The Kier molecular flexibility index (Phi) is 5.03. The summed E-state index contributed by atoms with van der Waals surface area (Å²) in [5.74, 6) is 0.135. The lowest BCUT2D eigenvalue weighted by molar-refractivity contribution is 0.0561. The van der Waals surface area contributed by atoms with E-state index in [2.05, 4.69) is 30.6 Å². The molecule has 0 aliphatic carbocycles. The van der Waals surface area contributed by atoms with Gasteiger partial charge >= 0.3 is 0 Å². The predicted molar refractivity (Wildman–Crippen MR) is 105 cm³/mol. The summed E-state index contributed by atoms with van der Waals surface area (Å²) in [6.45, 7) is 7.81. The highest BCUT2D eigenvalue weighted by molar-refractivity contribution is 7.07. The van der Waals surface area contributed by atoms with Gasteiger partial charge in [-0.15, -0.1) is 5.10 Å². The van der Waals surface area contributed by atoms with Crippen molar-refractivity contribution in [3.05, 3.63) is 28.0 Å². The smallest absolute Gasteiger partial charge is 0.267 e. The number of carbonyl (C=O) groups is 1. The normalized spacial score (nSPS) is 23.9. The molecule has 4 rings (SSSR count). The SMILES string of the molecule is Cc1cc(CN2CCC[C@]3(CCCN3C(=O)c3snnc3C)CC2)n(C)n1. The Bertz CT molecular complexity index is 830. The standard InChI is InChI=1S/C19H28N6OS/c1-14-12-16(23(3)21-14)13-24-9-4-6-19(8-11-24)7-5-10-25(19)18(26)17-15(2)20-22-27-17/h12H,4-11,13H2,1-3H3/t19-/m0/s1. The van der Waals surface area contributed by atoms with Crippen LogP contribution in [0.3, 0.4) is 0 Å². The maximum absolute atomic E-state index is 13.2. The third kappa shape index (κ3) is 3.52. The molecule has 27 heavy (non-hydrogen) atoms. The summed E-state index contributed by atoms with van der Waals surface area (Å²) >= 11 is 1.23. The minimum absolute atomic E-state index is 0.00460. The molecule has 1 spiro atoms. The molecule has 8 heteroatoms. The zero-order valence-electron chi connectivity index (χ0n) is 16.4. The molecule has 2 fully saturated rings. The van der Waals surface area contributed by atoms with Gasteiger partial charge in [0.1, 0.15) is 4.88 Å². The summed E-state index contributed by atoms with van der Waals surface area (Å²) in [7, 11) is 2.02. The van der Waals surface area contributed by atoms with E-state index < -0.39 is 0 Å². The number of carbonyl (C=O) groups excluding carboxylic acids is 1. The molecule has 2 aliphatic rings. The maximum atomic E-state index is 13.2. The second kappa shape index (κ2) is 7.31. The average Bonchev–Trinajstić information content (AvgIpc) is 3.27. The third-order valence-electron chi connectivity index (χ3n) is 6.18. The highest BCUT2D eigenvalue weighted by Crippen LogP contribution is 2.40. The van der Waals surface area contributed by atoms with Crippen molar-refractivity contribution in [1.82, 2.24) is 29.2 Å². The lowest BCUT2D eigenvalue weighted by Crippen LogP contribution is -2.47. The monoisotopic (exact) mass is 388 g/mol. The number of amides is 1. The van der Waals surface area contributed by atoms with E-state index in [0.717, 1.165) is 69.7 Å². The fourth-order valence-electron chi connectivity index (χ4n) is 4.76. The lowest BCUT2D eigenvalue weighted by atomic mass is 9.87. The van der Waals surface area contributed by atoms with E-state index in [-0.39, 0.29) is 11.4 Å². The van der Waals surface area contributed by atoms with E-state index in [1.54, 1.807) is 0 Å². The minimum atomic E-state index is 0.00460. The topological polar surface area (TPSA) is 67.2 Å². The lowest BCUT2D eigenvalue weighted by Gasteiger charge is -2.38. The van der Waals surface area contributed by atoms with Gasteiger partial charge in [0.15, 0.2) is 0 Å². The number of likely N-dealkylation sites (tertiary alicyclic amines) is 2. The Morgan fingerprint density at radius 2 is 1.96 bits per heavy atom. The first kappa shape index (κ1) is 18.6. The van der Waals surface area contributed by atoms with E-state index in [1.807, 2.05) is 25.6 Å². The zero-order chi connectivity index (χ0) is 19.0. The first-order valence-electron chi connectivity index (χ1n) is 9.81. The maximum Gasteiger partial charge on any atom is 0.267 e. The summed E-state index contributed by atoms with van der Waals surface area (Å²) in [4.78, 5) is 18.5. The number of aryl methyl sites for hydroxylation is 3. The van der Waals surface area contributed by atoms with Crippen LogP contribution in [0.25, 0.3) is 0 Å². The molecular formula is C19H28N6OS. The zero-order valence-corrected chi connectivity index (χ0v) is 17.3. The Labute approximate surface area is 164 Å². The van der Waals surface area contributed by atoms with Gasteiger partial charge in [-0.2, -0.15) is 5.10 Å². The molecule has 1 atom stereocenters. The fraction of sp³-hybridized carbons (Fsp3) is 0.684. The molecule has 2 aliphatic heterocycles. The Hall–Kier alpha value is -1.80. The van der Waals surface area contributed by atoms with Crippen molar-refractivity contribution in [3.8, 4) is 0 Å². The van der Waals surface area contributed by atoms with E-state index in [9.17, 15) is 4.79 Å². The van der Waals surface area contributed by atoms with Gasteiger partial charge in [-0.25, -0.2) is 0 Å². The summed E-state index contributed by atoms with van der Waals surface area (Å²) in [6, 6.07) is 2.17. The van der Waals surface area contributed by atoms with Crippen LogP contribution in [0, 0.1) is 13.8 Å². The predicted octanol–water partition coefficient (Wildman–Crippen LogP) is 2.55. The van der Waals surface area contributed by atoms with E-state index in [4.69, 9.17) is 0 Å². The largest absolute Gasteiger partial charge is 0.332 e. The van der Waals surface area contributed by atoms with Crippen LogP contribution in [0.2, 0.25) is 0 Å². The Balaban J connectivity index is 1.48. The van der Waals surface area contributed by atoms with Crippen LogP contribution in [-0.2, 0) is 13.6 Å². The van der Waals surface area contributed by atoms with E-state index in [1.165, 1.54) is 17.2 Å². The van der Waals surface area contributed by atoms with Crippen LogP contribution < -0.4 is 0 Å². The third-order valence-corrected chi connectivity index (χ3v) is 7.00. The highest BCUT2D eigenvalue weighted by atomic mass is 32.1. The van der Waals surface area contributed by atoms with Crippen LogP contribution in [0.4, 0.5) is 0 Å². The van der Waals surface area contributed by atoms with Crippen molar-refractivity contribution in [3.63, 3.8) is 0 Å². The molecule has 0 bridgehead atoms. The van der Waals surface area contributed by atoms with Gasteiger partial charge in [-0.05, 0) is 70.1 Å². The van der Waals surface area contributed by atoms with Gasteiger partial charge in [0.2, 0.25) is 0 Å². The van der Waals surface area contributed by atoms with Crippen molar-refractivity contribution < 1.29 is 4.79 Å². The van der Waals surface area contributed by atoms with Crippen LogP contribution in [0.15, 0.2) is 6.07 Å². The molecule has 0 radical (unpaired) electrons. The van der Waals surface area contributed by atoms with E-state index >= 15 is 0 Å². The molecular weight excluding hydrogens is 360 g/mol. The van der Waals surface area contributed by atoms with E-state index in [0.29, 0.717) is 4.88 Å². The second-order valence-electron chi connectivity index (χ2n) is 8.00. The van der Waals surface area contributed by atoms with Crippen molar-refractivity contribution in [2.75, 3.05) is 19.6 Å². The van der Waals surface area contributed by atoms with Gasteiger partial charge in [0.05, 0.1) is 17.1 Å². The summed E-state index contributed by atoms with van der Waals surface area (Å²) in [6.07, 6.45) is 5.47. The van der Waals surface area contributed by atoms with Gasteiger partial charge < -0.3 is 4.90 Å². The average molecular weight is 389 g/mol. The molecule has 4 heterocycles. The molecule has 0 N–H and O–H groups in total.